The van der Waals surface area contributed by atoms with Gasteiger partial charge in [-0.2, -0.15) is 0 Å². The van der Waals surface area contributed by atoms with Crippen LogP contribution in [0.1, 0.15) is 36.8 Å². The Morgan fingerprint density at radius 1 is 1.09 bits per heavy atom. The molecule has 33 heavy (non-hydrogen) atoms. The van der Waals surface area contributed by atoms with Crippen LogP contribution in [0.5, 0.6) is 5.75 Å². The molecule has 170 valence electrons. The number of aromatic nitrogens is 1. The minimum atomic E-state index is -0.990. The number of carbonyl (C=O) groups is 2. The summed E-state index contributed by atoms with van der Waals surface area (Å²) in [6.45, 7) is 5.47. The number of halogens is 2. The maximum atomic E-state index is 13.1. The van der Waals surface area contributed by atoms with Gasteiger partial charge in [0, 0.05) is 11.6 Å². The average Bonchev–Trinajstić information content (AvgIpc) is 3.30. The highest BCUT2D eigenvalue weighted by Gasteiger charge is 2.48. The van der Waals surface area contributed by atoms with Crippen LogP contribution in [-0.2, 0) is 9.59 Å². The van der Waals surface area contributed by atoms with Crippen molar-refractivity contribution in [3.63, 3.8) is 0 Å². The highest BCUT2D eigenvalue weighted by molar-refractivity contribution is 6.51. The molecule has 0 saturated carbocycles. The van der Waals surface area contributed by atoms with Gasteiger partial charge in [-0.15, -0.1) is 0 Å². The first-order valence-corrected chi connectivity index (χ1v) is 10.9. The number of aryl methyl sites for hydroxylation is 1. The molecule has 1 unspecified atom stereocenters. The Balaban J connectivity index is 1.87. The lowest BCUT2D eigenvalue weighted by Gasteiger charge is -2.23. The van der Waals surface area contributed by atoms with Crippen LogP contribution in [0.25, 0.3) is 5.76 Å². The molecule has 1 saturated heterocycles. The van der Waals surface area contributed by atoms with Gasteiger partial charge in [-0.3, -0.25) is 14.5 Å². The molecule has 1 aliphatic heterocycles. The first-order valence-electron chi connectivity index (χ1n) is 10.1. The maximum absolute atomic E-state index is 13.1. The lowest BCUT2D eigenvalue weighted by atomic mass is 9.95. The summed E-state index contributed by atoms with van der Waals surface area (Å²) in [5.41, 5.74) is 0.729. The summed E-state index contributed by atoms with van der Waals surface area (Å²) in [6.07, 6.45) is -0.0182. The van der Waals surface area contributed by atoms with E-state index in [2.05, 4.69) is 5.16 Å². The minimum Gasteiger partial charge on any atom is -0.507 e. The normalized spacial score (nSPS) is 17.8. The molecule has 9 heteroatoms. The highest BCUT2D eigenvalue weighted by Crippen LogP contribution is 2.43. The lowest BCUT2D eigenvalue weighted by Crippen LogP contribution is -2.29. The van der Waals surface area contributed by atoms with Gasteiger partial charge in [0.25, 0.3) is 5.78 Å². The van der Waals surface area contributed by atoms with E-state index in [1.807, 2.05) is 13.8 Å². The Morgan fingerprint density at radius 3 is 2.36 bits per heavy atom. The van der Waals surface area contributed by atoms with Crippen LogP contribution in [0.3, 0.4) is 0 Å². The molecule has 1 fully saturated rings. The molecule has 0 aliphatic carbocycles. The Morgan fingerprint density at radius 2 is 1.79 bits per heavy atom. The van der Waals surface area contributed by atoms with E-state index in [1.165, 1.54) is 11.0 Å². The smallest absolute Gasteiger partial charge is 0.301 e. The van der Waals surface area contributed by atoms with E-state index in [1.54, 1.807) is 49.4 Å². The first-order chi connectivity index (χ1) is 15.7. The van der Waals surface area contributed by atoms with Crippen LogP contribution < -0.4 is 9.64 Å². The summed E-state index contributed by atoms with van der Waals surface area (Å²) in [4.78, 5) is 27.3. The van der Waals surface area contributed by atoms with Crippen LogP contribution in [0, 0.1) is 6.92 Å². The number of rotatable bonds is 5. The van der Waals surface area contributed by atoms with Crippen LogP contribution in [0.4, 0.5) is 5.82 Å². The van der Waals surface area contributed by atoms with Gasteiger partial charge in [0.2, 0.25) is 0 Å². The van der Waals surface area contributed by atoms with Crippen molar-refractivity contribution in [2.45, 2.75) is 32.9 Å². The zero-order valence-electron chi connectivity index (χ0n) is 18.0. The van der Waals surface area contributed by atoms with Crippen LogP contribution in [0.15, 0.2) is 58.6 Å². The zero-order chi connectivity index (χ0) is 23.9. The third kappa shape index (κ3) is 4.34. The van der Waals surface area contributed by atoms with Gasteiger partial charge >= 0.3 is 5.91 Å². The second-order valence-electron chi connectivity index (χ2n) is 7.83. The third-order valence-corrected chi connectivity index (χ3v) is 5.80. The monoisotopic (exact) mass is 486 g/mol. The molecule has 4 rings (SSSR count). The minimum absolute atomic E-state index is 0.0182. The summed E-state index contributed by atoms with van der Waals surface area (Å²) < 4.78 is 10.7. The van der Waals surface area contributed by atoms with Crippen molar-refractivity contribution in [1.82, 2.24) is 5.16 Å². The number of nitrogens with zero attached hydrogens (tertiary/aromatic N) is 2. The molecular formula is C24H20Cl2N2O5. The summed E-state index contributed by atoms with van der Waals surface area (Å²) in [6, 6.07) is 11.9. The molecule has 0 radical (unpaired) electrons. The molecule has 1 N–H and O–H groups in total. The lowest BCUT2D eigenvalue weighted by molar-refractivity contribution is -0.132. The molecule has 0 bridgehead atoms. The number of carbonyl (C=O) groups excluding carboxylic acids is 2. The van der Waals surface area contributed by atoms with E-state index in [0.717, 1.165) is 0 Å². The van der Waals surface area contributed by atoms with Crippen molar-refractivity contribution in [1.29, 1.82) is 0 Å². The standard InChI is InChI=1S/C24H20Cl2N2O5/c1-12(2)32-16-7-4-14(5-8-16)22(29)20-21(15-6-9-17(25)18(26)11-15)28(24(31)23(20)30)19-10-13(3)33-27-19/h4-12,21,29H,1-3H3. The van der Waals surface area contributed by atoms with Gasteiger partial charge in [-0.25, -0.2) is 0 Å². The third-order valence-electron chi connectivity index (χ3n) is 5.07. The number of ether oxygens (including phenoxy) is 1. The van der Waals surface area contributed by atoms with Gasteiger partial charge in [-0.05, 0) is 62.7 Å². The van der Waals surface area contributed by atoms with Gasteiger partial charge < -0.3 is 14.4 Å². The molecule has 1 atom stereocenters. The zero-order valence-corrected chi connectivity index (χ0v) is 19.5. The fourth-order valence-corrected chi connectivity index (χ4v) is 3.96. The number of benzene rings is 2. The molecule has 2 aromatic carbocycles. The predicted octanol–water partition coefficient (Wildman–Crippen LogP) is 5.70. The molecule has 7 nitrogen and oxygen atoms in total. The van der Waals surface area contributed by atoms with Crippen molar-refractivity contribution < 1.29 is 24.0 Å². The summed E-state index contributed by atoms with van der Waals surface area (Å²) >= 11 is 12.3. The molecule has 2 heterocycles. The molecule has 1 amide bonds. The van der Waals surface area contributed by atoms with E-state index < -0.39 is 17.7 Å². The quantitative estimate of drug-likeness (QED) is 0.282. The Hall–Kier alpha value is -3.29. The molecule has 3 aromatic rings. The fourth-order valence-electron chi connectivity index (χ4n) is 3.65. The number of hydrogen-bond acceptors (Lipinski definition) is 6. The van der Waals surface area contributed by atoms with E-state index in [4.69, 9.17) is 32.5 Å². The number of Topliss-reactive ketones (excluding diaryl/α,β-unsaturated/α-hetero) is 1. The highest BCUT2D eigenvalue weighted by atomic mass is 35.5. The van der Waals surface area contributed by atoms with Crippen molar-refractivity contribution in [3.05, 3.63) is 81.0 Å². The number of hydrogen-bond donors (Lipinski definition) is 1. The van der Waals surface area contributed by atoms with E-state index in [-0.39, 0.29) is 28.3 Å². The average molecular weight is 487 g/mol. The van der Waals surface area contributed by atoms with Gasteiger partial charge in [0.1, 0.15) is 17.3 Å². The Bertz CT molecular complexity index is 1260. The predicted molar refractivity (Wildman–Crippen MR) is 125 cm³/mol. The molecule has 1 aliphatic rings. The van der Waals surface area contributed by atoms with Gasteiger partial charge in [-0.1, -0.05) is 34.4 Å². The summed E-state index contributed by atoms with van der Waals surface area (Å²) in [7, 11) is 0. The van der Waals surface area contributed by atoms with Crippen LogP contribution >= 0.6 is 23.2 Å². The van der Waals surface area contributed by atoms with Gasteiger partial charge in [0.05, 0.1) is 27.8 Å². The number of ketones is 1. The number of anilines is 1. The summed E-state index contributed by atoms with van der Waals surface area (Å²) in [5.74, 6) is -0.817. The SMILES string of the molecule is Cc1cc(N2C(=O)C(=O)C(=C(O)c3ccc(OC(C)C)cc3)C2c2ccc(Cl)c(Cl)c2)no1. The van der Waals surface area contributed by atoms with Gasteiger partial charge in [0.15, 0.2) is 5.82 Å². The van der Waals surface area contributed by atoms with E-state index >= 15 is 0 Å². The first kappa shape index (κ1) is 22.9. The van der Waals surface area contributed by atoms with Crippen molar-refractivity contribution >= 4 is 46.5 Å². The largest absolute Gasteiger partial charge is 0.507 e. The molecular weight excluding hydrogens is 467 g/mol. The fraction of sp³-hybridized carbons (Fsp3) is 0.208. The summed E-state index contributed by atoms with van der Waals surface area (Å²) in [5, 5.41) is 15.6. The number of aliphatic hydroxyl groups is 1. The van der Waals surface area contributed by atoms with Crippen LogP contribution in [-0.4, -0.2) is 28.1 Å². The Labute approximate surface area is 200 Å². The molecule has 0 spiro atoms. The second kappa shape index (κ2) is 8.92. The number of amides is 1. The van der Waals surface area contributed by atoms with Crippen molar-refractivity contribution in [3.8, 4) is 5.75 Å². The van der Waals surface area contributed by atoms with E-state index in [9.17, 15) is 14.7 Å². The molecule has 1 aromatic heterocycles. The topological polar surface area (TPSA) is 92.9 Å². The van der Waals surface area contributed by atoms with E-state index in [0.29, 0.717) is 27.7 Å². The van der Waals surface area contributed by atoms with Crippen LogP contribution in [0.2, 0.25) is 10.0 Å². The van der Waals surface area contributed by atoms with Crippen molar-refractivity contribution in [2.24, 2.45) is 0 Å². The Kier molecular flexibility index (Phi) is 6.19. The maximum Gasteiger partial charge on any atom is 0.301 e. The number of aliphatic hydroxyl groups excluding tert-OH is 1. The van der Waals surface area contributed by atoms with Crippen molar-refractivity contribution in [2.75, 3.05) is 4.90 Å². The second-order valence-corrected chi connectivity index (χ2v) is 8.64.